The topological polar surface area (TPSA) is 87.4 Å². The van der Waals surface area contributed by atoms with Crippen LogP contribution in [0, 0.1) is 0 Å². The van der Waals surface area contributed by atoms with E-state index in [1.165, 1.54) is 0 Å². The number of benzene rings is 1. The van der Waals surface area contributed by atoms with Crippen LogP contribution in [0.4, 0.5) is 5.95 Å². The molecule has 1 aromatic heterocycles. The van der Waals surface area contributed by atoms with Crippen LogP contribution in [0.3, 0.4) is 0 Å². The fraction of sp³-hybridized carbons (Fsp3) is 0.368. The molecule has 1 aliphatic rings. The average Bonchev–Trinajstić information content (AvgIpc) is 2.71. The standard InChI is InChI=1S/C19H23N3O3/c1-18(2,24)11-16(23)21-17-20-14-9-8-12(19(3,4)25)10-15(14)22(17)13-6-5-7-13/h5-10,24-25H,11H2,1-4H3,(H,20,21,23). The molecule has 0 unspecified atom stereocenters. The number of fused-ring (bicyclic) bond motifs is 1. The van der Waals surface area contributed by atoms with Crippen LogP contribution in [0.2, 0.25) is 0 Å². The fourth-order valence-corrected chi connectivity index (χ4v) is 2.69. The van der Waals surface area contributed by atoms with E-state index in [4.69, 9.17) is 0 Å². The first-order valence-electron chi connectivity index (χ1n) is 8.21. The number of hydrogen-bond donors (Lipinski definition) is 3. The summed E-state index contributed by atoms with van der Waals surface area (Å²) in [5, 5.41) is 22.9. The summed E-state index contributed by atoms with van der Waals surface area (Å²) in [6, 6.07) is 5.53. The first-order chi connectivity index (χ1) is 11.5. The average molecular weight is 341 g/mol. The summed E-state index contributed by atoms with van der Waals surface area (Å²) >= 11 is 0. The maximum atomic E-state index is 12.2. The Morgan fingerprint density at radius 3 is 2.44 bits per heavy atom. The van der Waals surface area contributed by atoms with Crippen molar-refractivity contribution in [2.24, 2.45) is 0 Å². The predicted octanol–water partition coefficient (Wildman–Crippen LogP) is 2.77. The molecule has 2 aromatic rings. The number of nitrogens with zero attached hydrogens (tertiary/aromatic N) is 2. The molecule has 1 aromatic carbocycles. The van der Waals surface area contributed by atoms with Gasteiger partial charge in [-0.2, -0.15) is 0 Å². The lowest BCUT2D eigenvalue weighted by Gasteiger charge is -2.19. The first kappa shape index (κ1) is 17.4. The molecule has 3 N–H and O–H groups in total. The van der Waals surface area contributed by atoms with Gasteiger partial charge in [0.05, 0.1) is 28.7 Å². The highest BCUT2D eigenvalue weighted by molar-refractivity contribution is 5.95. The Kier molecular flexibility index (Phi) is 4.05. The molecule has 0 saturated heterocycles. The smallest absolute Gasteiger partial charge is 0.229 e. The van der Waals surface area contributed by atoms with Crippen molar-refractivity contribution in [3.63, 3.8) is 0 Å². The number of nitrogens with one attached hydrogen (secondary N) is 1. The van der Waals surface area contributed by atoms with Crippen LogP contribution < -0.4 is 5.32 Å². The fourth-order valence-electron chi connectivity index (χ4n) is 2.69. The van der Waals surface area contributed by atoms with Crippen LogP contribution in [0.5, 0.6) is 0 Å². The maximum absolute atomic E-state index is 12.2. The van der Waals surface area contributed by atoms with E-state index in [-0.39, 0.29) is 12.3 Å². The Morgan fingerprint density at radius 1 is 1.24 bits per heavy atom. The Bertz CT molecular complexity index is 893. The maximum Gasteiger partial charge on any atom is 0.229 e. The third-order valence-corrected chi connectivity index (χ3v) is 4.00. The van der Waals surface area contributed by atoms with E-state index in [1.54, 1.807) is 27.7 Å². The molecule has 6 heteroatoms. The lowest BCUT2D eigenvalue weighted by Crippen LogP contribution is -2.28. The molecule has 1 aliphatic carbocycles. The highest BCUT2D eigenvalue weighted by atomic mass is 16.3. The Labute approximate surface area is 146 Å². The quantitative estimate of drug-likeness (QED) is 0.780. The van der Waals surface area contributed by atoms with Gasteiger partial charge in [0.15, 0.2) is 0 Å². The monoisotopic (exact) mass is 341 g/mol. The molecule has 0 radical (unpaired) electrons. The van der Waals surface area contributed by atoms with Crippen molar-refractivity contribution in [2.45, 2.75) is 45.3 Å². The van der Waals surface area contributed by atoms with Crippen molar-refractivity contribution in [1.82, 2.24) is 9.55 Å². The number of anilines is 1. The van der Waals surface area contributed by atoms with Gasteiger partial charge >= 0.3 is 0 Å². The Balaban J connectivity index is 2.05. The van der Waals surface area contributed by atoms with Gasteiger partial charge in [-0.3, -0.25) is 14.7 Å². The molecule has 3 rings (SSSR count). The molecule has 0 saturated carbocycles. The van der Waals surface area contributed by atoms with E-state index in [1.807, 2.05) is 41.0 Å². The minimum Gasteiger partial charge on any atom is -0.390 e. The van der Waals surface area contributed by atoms with Crippen molar-refractivity contribution in [3.8, 4) is 0 Å². The van der Waals surface area contributed by atoms with Gasteiger partial charge in [-0.1, -0.05) is 12.1 Å². The summed E-state index contributed by atoms with van der Waals surface area (Å²) in [6.45, 7) is 6.62. The molecular formula is C19H23N3O3. The van der Waals surface area contributed by atoms with Gasteiger partial charge in [0, 0.05) is 5.70 Å². The highest BCUT2D eigenvalue weighted by Gasteiger charge is 2.23. The molecule has 1 amide bonds. The largest absolute Gasteiger partial charge is 0.390 e. The van der Waals surface area contributed by atoms with Crippen molar-refractivity contribution in [2.75, 3.05) is 5.32 Å². The van der Waals surface area contributed by atoms with Crippen molar-refractivity contribution in [3.05, 3.63) is 42.0 Å². The molecule has 132 valence electrons. The molecule has 0 aliphatic heterocycles. The van der Waals surface area contributed by atoms with Gasteiger partial charge in [0.1, 0.15) is 0 Å². The van der Waals surface area contributed by atoms with Crippen LogP contribution in [-0.4, -0.2) is 31.3 Å². The van der Waals surface area contributed by atoms with Gasteiger partial charge in [-0.15, -0.1) is 0 Å². The molecule has 6 nitrogen and oxygen atoms in total. The zero-order valence-electron chi connectivity index (χ0n) is 14.9. The van der Waals surface area contributed by atoms with Crippen molar-refractivity contribution >= 4 is 28.6 Å². The van der Waals surface area contributed by atoms with E-state index in [0.29, 0.717) is 11.5 Å². The van der Waals surface area contributed by atoms with E-state index in [9.17, 15) is 15.0 Å². The molecule has 0 atom stereocenters. The van der Waals surface area contributed by atoms with Crippen LogP contribution in [0.1, 0.15) is 39.7 Å². The van der Waals surface area contributed by atoms with E-state index in [2.05, 4.69) is 10.3 Å². The number of hydrogen-bond acceptors (Lipinski definition) is 4. The van der Waals surface area contributed by atoms with Crippen LogP contribution in [0.25, 0.3) is 16.7 Å². The number of allylic oxidation sites excluding steroid dienone is 4. The van der Waals surface area contributed by atoms with E-state index >= 15 is 0 Å². The SMILES string of the molecule is CC(C)(O)CC(=O)Nc1nc2ccc(C(C)(C)O)cc2n1C1=CC=C1. The second-order valence-corrected chi connectivity index (χ2v) is 7.52. The molecular weight excluding hydrogens is 318 g/mol. The summed E-state index contributed by atoms with van der Waals surface area (Å²) in [5.74, 6) is 0.0865. The second-order valence-electron chi connectivity index (χ2n) is 7.52. The summed E-state index contributed by atoms with van der Waals surface area (Å²) in [5.41, 5.74) is 1.11. The molecule has 0 bridgehead atoms. The van der Waals surface area contributed by atoms with Crippen molar-refractivity contribution < 1.29 is 15.0 Å². The lowest BCUT2D eigenvalue weighted by atomic mass is 9.98. The number of carbonyl (C=O) groups excluding carboxylic acids is 1. The number of carbonyl (C=O) groups is 1. The zero-order chi connectivity index (χ0) is 18.4. The number of amides is 1. The Hall–Kier alpha value is -2.44. The zero-order valence-corrected chi connectivity index (χ0v) is 14.9. The summed E-state index contributed by atoms with van der Waals surface area (Å²) in [7, 11) is 0. The minimum absolute atomic E-state index is 0.0278. The molecule has 0 fully saturated rings. The first-order valence-corrected chi connectivity index (χ1v) is 8.21. The minimum atomic E-state index is -1.09. The van der Waals surface area contributed by atoms with Gasteiger partial charge in [0.25, 0.3) is 0 Å². The van der Waals surface area contributed by atoms with Crippen LogP contribution in [-0.2, 0) is 10.4 Å². The number of aromatic nitrogens is 2. The Morgan fingerprint density at radius 2 is 1.92 bits per heavy atom. The predicted molar refractivity (Wildman–Crippen MR) is 97.9 cm³/mol. The van der Waals surface area contributed by atoms with Crippen molar-refractivity contribution in [1.29, 1.82) is 0 Å². The highest BCUT2D eigenvalue weighted by Crippen LogP contribution is 2.31. The molecule has 0 spiro atoms. The van der Waals surface area contributed by atoms with Crippen LogP contribution in [0.15, 0.2) is 36.4 Å². The van der Waals surface area contributed by atoms with Gasteiger partial charge < -0.3 is 10.2 Å². The normalized spacial score (nSPS) is 14.4. The van der Waals surface area contributed by atoms with Gasteiger partial charge in [-0.05, 0) is 57.5 Å². The van der Waals surface area contributed by atoms with Gasteiger partial charge in [-0.25, -0.2) is 4.98 Å². The number of rotatable bonds is 5. The number of imidazole rings is 1. The number of aliphatic hydroxyl groups is 2. The third kappa shape index (κ3) is 3.65. The second kappa shape index (κ2) is 5.82. The van der Waals surface area contributed by atoms with Crippen LogP contribution >= 0.6 is 0 Å². The van der Waals surface area contributed by atoms with E-state index in [0.717, 1.165) is 16.8 Å². The third-order valence-electron chi connectivity index (χ3n) is 4.00. The summed E-state index contributed by atoms with van der Waals surface area (Å²) < 4.78 is 1.84. The summed E-state index contributed by atoms with van der Waals surface area (Å²) in [4.78, 5) is 16.7. The molecule has 1 heterocycles. The van der Waals surface area contributed by atoms with Gasteiger partial charge in [0.2, 0.25) is 11.9 Å². The van der Waals surface area contributed by atoms with E-state index < -0.39 is 11.2 Å². The molecule has 25 heavy (non-hydrogen) atoms. The lowest BCUT2D eigenvalue weighted by molar-refractivity contribution is -0.119. The summed E-state index contributed by atoms with van der Waals surface area (Å²) in [6.07, 6.45) is 5.72.